The number of benzene rings is 3. The van der Waals surface area contributed by atoms with Crippen molar-refractivity contribution < 1.29 is 9.59 Å². The van der Waals surface area contributed by atoms with E-state index in [2.05, 4.69) is 31.8 Å². The van der Waals surface area contributed by atoms with Crippen molar-refractivity contribution >= 4 is 44.7 Å². The molecule has 0 saturated carbocycles. The minimum absolute atomic E-state index is 0.160. The number of nitrogens with one attached hydrogen (secondary N) is 2. The van der Waals surface area contributed by atoms with E-state index in [-0.39, 0.29) is 12.5 Å². The first-order valence-corrected chi connectivity index (χ1v) is 8.77. The van der Waals surface area contributed by atoms with E-state index >= 15 is 0 Å². The van der Waals surface area contributed by atoms with Gasteiger partial charge >= 0.3 is 0 Å². The van der Waals surface area contributed by atoms with Crippen molar-refractivity contribution in [3.63, 3.8) is 0 Å². The molecular formula is C20H16BrN3O2. The van der Waals surface area contributed by atoms with E-state index < -0.39 is 5.91 Å². The average molecular weight is 410 g/mol. The molecule has 0 aliphatic heterocycles. The van der Waals surface area contributed by atoms with Gasteiger partial charge in [0.2, 0.25) is 0 Å². The molecule has 0 aliphatic carbocycles. The maximum Gasteiger partial charge on any atom is 0.259 e. The molecule has 2 N–H and O–H groups in total. The van der Waals surface area contributed by atoms with Crippen LogP contribution in [0.1, 0.15) is 15.9 Å². The highest BCUT2D eigenvalue weighted by Crippen LogP contribution is 2.17. The lowest BCUT2D eigenvalue weighted by Crippen LogP contribution is -2.35. The number of halogens is 1. The van der Waals surface area contributed by atoms with Crippen LogP contribution in [-0.2, 0) is 4.79 Å². The van der Waals surface area contributed by atoms with Crippen molar-refractivity contribution in [3.05, 3.63) is 82.3 Å². The molecule has 6 heteroatoms. The molecule has 3 aromatic rings. The molecule has 3 rings (SSSR count). The van der Waals surface area contributed by atoms with Crippen LogP contribution in [-0.4, -0.2) is 24.6 Å². The maximum atomic E-state index is 12.1. The Morgan fingerprint density at radius 1 is 0.962 bits per heavy atom. The summed E-state index contributed by atoms with van der Waals surface area (Å²) in [6, 6.07) is 20.8. The van der Waals surface area contributed by atoms with Crippen LogP contribution in [0.3, 0.4) is 0 Å². The van der Waals surface area contributed by atoms with Gasteiger partial charge in [0.05, 0.1) is 18.3 Å². The molecule has 2 amide bonds. The first-order chi connectivity index (χ1) is 12.6. The van der Waals surface area contributed by atoms with E-state index in [0.29, 0.717) is 10.0 Å². The van der Waals surface area contributed by atoms with Crippen LogP contribution in [0.5, 0.6) is 0 Å². The monoisotopic (exact) mass is 409 g/mol. The van der Waals surface area contributed by atoms with Crippen molar-refractivity contribution in [2.45, 2.75) is 0 Å². The summed E-state index contributed by atoms with van der Waals surface area (Å²) in [5, 5.41) is 8.69. The fourth-order valence-electron chi connectivity index (χ4n) is 2.48. The molecule has 0 aliphatic rings. The van der Waals surface area contributed by atoms with Crippen LogP contribution < -0.4 is 10.7 Å². The van der Waals surface area contributed by atoms with Crippen LogP contribution in [0, 0.1) is 0 Å². The van der Waals surface area contributed by atoms with E-state index in [1.54, 1.807) is 24.4 Å². The SMILES string of the molecule is O=C(CNC(=O)c1ccccc1Br)NN=Cc1cccc2ccccc12. The van der Waals surface area contributed by atoms with E-state index in [9.17, 15) is 9.59 Å². The zero-order valence-electron chi connectivity index (χ0n) is 13.8. The van der Waals surface area contributed by atoms with Crippen molar-refractivity contribution in [3.8, 4) is 0 Å². The number of fused-ring (bicyclic) bond motifs is 1. The highest BCUT2D eigenvalue weighted by atomic mass is 79.9. The normalized spacial score (nSPS) is 10.8. The number of amides is 2. The van der Waals surface area contributed by atoms with Gasteiger partial charge in [0, 0.05) is 10.0 Å². The van der Waals surface area contributed by atoms with Gasteiger partial charge in [0.25, 0.3) is 11.8 Å². The van der Waals surface area contributed by atoms with Gasteiger partial charge in [0.1, 0.15) is 0 Å². The van der Waals surface area contributed by atoms with Gasteiger partial charge in [0.15, 0.2) is 0 Å². The number of carbonyl (C=O) groups excluding carboxylic acids is 2. The minimum atomic E-state index is -0.401. The zero-order valence-corrected chi connectivity index (χ0v) is 15.4. The molecule has 0 bridgehead atoms. The molecular weight excluding hydrogens is 394 g/mol. The topological polar surface area (TPSA) is 70.6 Å². The van der Waals surface area contributed by atoms with Crippen molar-refractivity contribution in [1.82, 2.24) is 10.7 Å². The highest BCUT2D eigenvalue weighted by molar-refractivity contribution is 9.10. The van der Waals surface area contributed by atoms with Crippen molar-refractivity contribution in [2.75, 3.05) is 6.54 Å². The quantitative estimate of drug-likeness (QED) is 0.500. The third-order valence-electron chi connectivity index (χ3n) is 3.74. The molecule has 0 unspecified atom stereocenters. The summed E-state index contributed by atoms with van der Waals surface area (Å²) in [4.78, 5) is 23.9. The molecule has 0 atom stereocenters. The minimum Gasteiger partial charge on any atom is -0.343 e. The van der Waals surface area contributed by atoms with Crippen molar-refractivity contribution in [1.29, 1.82) is 0 Å². The summed E-state index contributed by atoms with van der Waals surface area (Å²) in [6.07, 6.45) is 1.59. The second-order valence-corrected chi connectivity index (χ2v) is 6.38. The Kier molecular flexibility index (Phi) is 5.76. The van der Waals surface area contributed by atoms with E-state index in [4.69, 9.17) is 0 Å². The van der Waals surface area contributed by atoms with Gasteiger partial charge in [-0.05, 0) is 38.8 Å². The fraction of sp³-hybridized carbons (Fsp3) is 0.0500. The Labute approximate surface area is 159 Å². The largest absolute Gasteiger partial charge is 0.343 e. The number of carbonyl (C=O) groups is 2. The molecule has 0 heterocycles. The predicted octanol–water partition coefficient (Wildman–Crippen LogP) is 3.48. The van der Waals surface area contributed by atoms with Crippen LogP contribution in [0.2, 0.25) is 0 Å². The Morgan fingerprint density at radius 3 is 2.54 bits per heavy atom. The van der Waals surface area contributed by atoms with Crippen molar-refractivity contribution in [2.24, 2.45) is 5.10 Å². The molecule has 3 aromatic carbocycles. The third kappa shape index (κ3) is 4.34. The Balaban J connectivity index is 1.56. The standard InChI is InChI=1S/C20H16BrN3O2/c21-18-11-4-3-10-17(18)20(26)22-13-19(25)24-23-12-15-8-5-7-14-6-1-2-9-16(14)15/h1-12H,13H2,(H,22,26)(H,24,25). The maximum absolute atomic E-state index is 12.1. The Morgan fingerprint density at radius 2 is 1.69 bits per heavy atom. The van der Waals surface area contributed by atoms with Gasteiger partial charge in [-0.15, -0.1) is 0 Å². The summed E-state index contributed by atoms with van der Waals surface area (Å²) in [6.45, 7) is -0.160. The number of rotatable bonds is 5. The van der Waals surface area contributed by atoms with Crippen LogP contribution in [0.15, 0.2) is 76.3 Å². The van der Waals surface area contributed by atoms with Crippen LogP contribution in [0.25, 0.3) is 10.8 Å². The number of hydrazone groups is 1. The van der Waals surface area contributed by atoms with E-state index in [0.717, 1.165) is 16.3 Å². The fourth-order valence-corrected chi connectivity index (χ4v) is 2.94. The molecule has 0 saturated heterocycles. The van der Waals surface area contributed by atoms with Gasteiger partial charge in [-0.25, -0.2) is 5.43 Å². The number of hydrogen-bond acceptors (Lipinski definition) is 3. The second-order valence-electron chi connectivity index (χ2n) is 5.52. The zero-order chi connectivity index (χ0) is 18.4. The predicted molar refractivity (Wildman–Crippen MR) is 106 cm³/mol. The first kappa shape index (κ1) is 17.8. The lowest BCUT2D eigenvalue weighted by atomic mass is 10.1. The highest BCUT2D eigenvalue weighted by Gasteiger charge is 2.10. The van der Waals surface area contributed by atoms with Gasteiger partial charge in [-0.2, -0.15) is 5.10 Å². The first-order valence-electron chi connectivity index (χ1n) is 7.97. The lowest BCUT2D eigenvalue weighted by Gasteiger charge is -2.06. The molecule has 0 radical (unpaired) electrons. The van der Waals surface area contributed by atoms with Gasteiger partial charge in [-0.1, -0.05) is 54.6 Å². The summed E-state index contributed by atoms with van der Waals surface area (Å²) in [7, 11) is 0. The summed E-state index contributed by atoms with van der Waals surface area (Å²) < 4.78 is 0.673. The summed E-state index contributed by atoms with van der Waals surface area (Å²) >= 11 is 3.31. The van der Waals surface area contributed by atoms with Crippen LogP contribution >= 0.6 is 15.9 Å². The summed E-state index contributed by atoms with van der Waals surface area (Å²) in [5.74, 6) is -0.729. The molecule has 5 nitrogen and oxygen atoms in total. The third-order valence-corrected chi connectivity index (χ3v) is 4.44. The molecule has 26 heavy (non-hydrogen) atoms. The number of nitrogens with zero attached hydrogens (tertiary/aromatic N) is 1. The van der Waals surface area contributed by atoms with Crippen LogP contribution in [0.4, 0.5) is 0 Å². The summed E-state index contributed by atoms with van der Waals surface area (Å²) in [5.41, 5.74) is 3.80. The Hall–Kier alpha value is -2.99. The van der Waals surface area contributed by atoms with Gasteiger partial charge < -0.3 is 5.32 Å². The van der Waals surface area contributed by atoms with E-state index in [1.165, 1.54) is 0 Å². The second kappa shape index (κ2) is 8.40. The Bertz CT molecular complexity index is 980. The van der Waals surface area contributed by atoms with E-state index in [1.807, 2.05) is 48.5 Å². The molecule has 0 fully saturated rings. The molecule has 0 spiro atoms. The molecule has 0 aromatic heterocycles. The molecule has 130 valence electrons. The average Bonchev–Trinajstić information content (AvgIpc) is 2.66. The number of hydrogen-bond donors (Lipinski definition) is 2. The lowest BCUT2D eigenvalue weighted by molar-refractivity contribution is -0.120. The van der Waals surface area contributed by atoms with Gasteiger partial charge in [-0.3, -0.25) is 9.59 Å². The smallest absolute Gasteiger partial charge is 0.259 e.